The zero-order valence-electron chi connectivity index (χ0n) is 19.6. The Balaban J connectivity index is 1.47. The summed E-state index contributed by atoms with van der Waals surface area (Å²) in [4.78, 5) is 20.9. The smallest absolute Gasteiger partial charge is 0.311 e. The molecule has 5 rings (SSSR count). The van der Waals surface area contributed by atoms with Crippen molar-refractivity contribution in [1.29, 1.82) is 0 Å². The molecule has 2 aromatic heterocycles. The number of pyridine rings is 1. The summed E-state index contributed by atoms with van der Waals surface area (Å²) in [7, 11) is 0. The number of para-hydroxylation sites is 1. The molecule has 0 amide bonds. The molecule has 1 aliphatic rings. The van der Waals surface area contributed by atoms with E-state index in [-0.39, 0.29) is 11.4 Å². The topological polar surface area (TPSA) is 102 Å². The Bertz CT molecular complexity index is 1350. The molecular weight excluding hydrogens is 444 g/mol. The van der Waals surface area contributed by atoms with Crippen molar-refractivity contribution >= 4 is 22.7 Å². The van der Waals surface area contributed by atoms with Crippen LogP contribution in [0.3, 0.4) is 0 Å². The van der Waals surface area contributed by atoms with Crippen LogP contribution in [-0.2, 0) is 6.54 Å². The SMILES string of the molecule is CCOc1ccc(-c2nc3ccc(N)cn3c2CN2CCN(c3ccccc3)CC2)cc1[N+](=O)[O-]. The van der Waals surface area contributed by atoms with Gasteiger partial charge >= 0.3 is 5.69 Å². The van der Waals surface area contributed by atoms with Crippen molar-refractivity contribution in [2.24, 2.45) is 0 Å². The molecule has 9 nitrogen and oxygen atoms in total. The summed E-state index contributed by atoms with van der Waals surface area (Å²) in [5, 5.41) is 11.7. The number of nitro groups is 1. The number of rotatable bonds is 7. The van der Waals surface area contributed by atoms with E-state index in [0.717, 1.165) is 37.5 Å². The molecule has 0 spiro atoms. The van der Waals surface area contributed by atoms with Crippen LogP contribution in [0.4, 0.5) is 17.1 Å². The van der Waals surface area contributed by atoms with Gasteiger partial charge in [0.15, 0.2) is 5.75 Å². The van der Waals surface area contributed by atoms with Crippen LogP contribution in [0.1, 0.15) is 12.6 Å². The first-order valence-corrected chi connectivity index (χ1v) is 11.7. The summed E-state index contributed by atoms with van der Waals surface area (Å²) in [5.74, 6) is 0.257. The molecule has 4 aromatic rings. The van der Waals surface area contributed by atoms with E-state index >= 15 is 0 Å². The average molecular weight is 473 g/mol. The highest BCUT2D eigenvalue weighted by Crippen LogP contribution is 2.34. The van der Waals surface area contributed by atoms with E-state index < -0.39 is 4.92 Å². The van der Waals surface area contributed by atoms with Crippen molar-refractivity contribution < 1.29 is 9.66 Å². The molecule has 1 aliphatic heterocycles. The summed E-state index contributed by atoms with van der Waals surface area (Å²) >= 11 is 0. The number of piperazine rings is 1. The van der Waals surface area contributed by atoms with Crippen LogP contribution >= 0.6 is 0 Å². The highest BCUT2D eigenvalue weighted by atomic mass is 16.6. The second kappa shape index (κ2) is 9.63. The number of nitrogen functional groups attached to an aromatic ring is 1. The van der Waals surface area contributed by atoms with Crippen molar-refractivity contribution in [2.75, 3.05) is 43.4 Å². The number of hydrogen-bond donors (Lipinski definition) is 1. The van der Waals surface area contributed by atoms with E-state index in [1.165, 1.54) is 5.69 Å². The zero-order chi connectivity index (χ0) is 24.4. The highest BCUT2D eigenvalue weighted by molar-refractivity contribution is 5.71. The molecule has 35 heavy (non-hydrogen) atoms. The first-order chi connectivity index (χ1) is 17.0. The molecule has 0 atom stereocenters. The third-order valence-electron chi connectivity index (χ3n) is 6.34. The summed E-state index contributed by atoms with van der Waals surface area (Å²) < 4.78 is 7.46. The van der Waals surface area contributed by atoms with Crippen LogP contribution < -0.4 is 15.4 Å². The Morgan fingerprint density at radius 1 is 1.06 bits per heavy atom. The lowest BCUT2D eigenvalue weighted by molar-refractivity contribution is -0.385. The summed E-state index contributed by atoms with van der Waals surface area (Å²) in [6.45, 7) is 6.46. The minimum atomic E-state index is -0.412. The van der Waals surface area contributed by atoms with Crippen molar-refractivity contribution in [3.63, 3.8) is 0 Å². The van der Waals surface area contributed by atoms with Crippen molar-refractivity contribution in [3.05, 3.63) is 82.7 Å². The van der Waals surface area contributed by atoms with E-state index in [4.69, 9.17) is 15.5 Å². The van der Waals surface area contributed by atoms with Gasteiger partial charge in [-0.3, -0.25) is 15.0 Å². The number of hydrogen-bond acceptors (Lipinski definition) is 7. The molecule has 0 aliphatic carbocycles. The minimum absolute atomic E-state index is 0.0663. The molecule has 0 unspecified atom stereocenters. The number of nitro benzene ring substituents is 1. The minimum Gasteiger partial charge on any atom is -0.487 e. The lowest BCUT2D eigenvalue weighted by Gasteiger charge is -2.36. The number of nitrogens with two attached hydrogens (primary N) is 1. The fourth-order valence-electron chi connectivity index (χ4n) is 4.59. The fourth-order valence-corrected chi connectivity index (χ4v) is 4.59. The standard InChI is InChI=1S/C26H28N6O3/c1-2-35-24-10-8-19(16-22(24)32(33)34)26-23(31-17-20(27)9-11-25(31)28-26)18-29-12-14-30(15-13-29)21-6-4-3-5-7-21/h3-11,16-17H,2,12-15,18,27H2,1H3. The predicted molar refractivity (Wildman–Crippen MR) is 137 cm³/mol. The predicted octanol–water partition coefficient (Wildman–Crippen LogP) is 4.21. The third kappa shape index (κ3) is 4.63. The Morgan fingerprint density at radius 3 is 2.54 bits per heavy atom. The zero-order valence-corrected chi connectivity index (χ0v) is 19.6. The molecule has 3 heterocycles. The number of fused-ring (bicyclic) bond motifs is 1. The van der Waals surface area contributed by atoms with Crippen molar-refractivity contribution in [3.8, 4) is 17.0 Å². The highest BCUT2D eigenvalue weighted by Gasteiger charge is 2.24. The summed E-state index contributed by atoms with van der Waals surface area (Å²) in [5.41, 5.74) is 11.0. The second-order valence-corrected chi connectivity index (χ2v) is 8.57. The monoisotopic (exact) mass is 472 g/mol. The normalized spacial score (nSPS) is 14.4. The number of benzene rings is 2. The molecule has 9 heteroatoms. The van der Waals surface area contributed by atoms with Gasteiger partial charge < -0.3 is 19.8 Å². The molecule has 2 N–H and O–H groups in total. The van der Waals surface area contributed by atoms with Crippen LogP contribution in [0, 0.1) is 10.1 Å². The maximum absolute atomic E-state index is 11.7. The lowest BCUT2D eigenvalue weighted by atomic mass is 10.1. The Morgan fingerprint density at radius 2 is 1.83 bits per heavy atom. The Kier molecular flexibility index (Phi) is 6.24. The Labute approximate surface area is 203 Å². The van der Waals surface area contributed by atoms with Crippen LogP contribution in [0.15, 0.2) is 66.9 Å². The van der Waals surface area contributed by atoms with Gasteiger partial charge in [0.2, 0.25) is 0 Å². The number of aromatic nitrogens is 2. The molecule has 0 saturated carbocycles. The number of anilines is 2. The van der Waals surface area contributed by atoms with Gasteiger partial charge in [-0.1, -0.05) is 18.2 Å². The second-order valence-electron chi connectivity index (χ2n) is 8.57. The van der Waals surface area contributed by atoms with E-state index in [1.807, 2.05) is 34.9 Å². The van der Waals surface area contributed by atoms with Gasteiger partial charge in [-0.05, 0) is 43.3 Å². The first kappa shape index (κ1) is 22.7. The van der Waals surface area contributed by atoms with E-state index in [1.54, 1.807) is 19.1 Å². The summed E-state index contributed by atoms with van der Waals surface area (Å²) in [6, 6.07) is 19.2. The quantitative estimate of drug-likeness (QED) is 0.317. The molecule has 0 radical (unpaired) electrons. The molecule has 0 bridgehead atoms. The van der Waals surface area contributed by atoms with Crippen LogP contribution in [-0.4, -0.2) is 52.0 Å². The maximum atomic E-state index is 11.7. The Hall–Kier alpha value is -4.11. The third-order valence-corrected chi connectivity index (χ3v) is 6.34. The average Bonchev–Trinajstić information content (AvgIpc) is 3.22. The van der Waals surface area contributed by atoms with E-state index in [2.05, 4.69) is 34.1 Å². The van der Waals surface area contributed by atoms with Crippen molar-refractivity contribution in [2.45, 2.75) is 13.5 Å². The van der Waals surface area contributed by atoms with Gasteiger partial charge in [0.05, 0.1) is 22.9 Å². The summed E-state index contributed by atoms with van der Waals surface area (Å²) in [6.07, 6.45) is 1.87. The van der Waals surface area contributed by atoms with Crippen LogP contribution in [0.25, 0.3) is 16.9 Å². The first-order valence-electron chi connectivity index (χ1n) is 11.7. The van der Waals surface area contributed by atoms with Crippen LogP contribution in [0.2, 0.25) is 0 Å². The maximum Gasteiger partial charge on any atom is 0.311 e. The van der Waals surface area contributed by atoms with Gasteiger partial charge in [0.1, 0.15) is 5.65 Å². The molecular formula is C26H28N6O3. The van der Waals surface area contributed by atoms with Gasteiger partial charge in [-0.15, -0.1) is 0 Å². The molecule has 1 saturated heterocycles. The van der Waals surface area contributed by atoms with Gasteiger partial charge in [0, 0.05) is 61.9 Å². The lowest BCUT2D eigenvalue weighted by Crippen LogP contribution is -2.46. The fraction of sp³-hybridized carbons (Fsp3) is 0.269. The van der Waals surface area contributed by atoms with Gasteiger partial charge in [-0.2, -0.15) is 0 Å². The van der Waals surface area contributed by atoms with E-state index in [0.29, 0.717) is 30.1 Å². The number of imidazole rings is 1. The molecule has 180 valence electrons. The van der Waals surface area contributed by atoms with Gasteiger partial charge in [0.25, 0.3) is 0 Å². The van der Waals surface area contributed by atoms with Gasteiger partial charge in [-0.25, -0.2) is 4.98 Å². The molecule has 1 fully saturated rings. The van der Waals surface area contributed by atoms with E-state index in [9.17, 15) is 10.1 Å². The number of nitrogens with zero attached hydrogens (tertiary/aromatic N) is 5. The largest absolute Gasteiger partial charge is 0.487 e. The van der Waals surface area contributed by atoms with Crippen LogP contribution in [0.5, 0.6) is 5.75 Å². The molecule has 2 aromatic carbocycles. The van der Waals surface area contributed by atoms with Crippen molar-refractivity contribution in [1.82, 2.24) is 14.3 Å². The number of ether oxygens (including phenoxy) is 1.